The minimum Gasteiger partial charge on any atom is -0.361 e. The Morgan fingerprint density at radius 1 is 1.14 bits per heavy atom. The standard InChI is InChI=1S/C21H19BrN4O2/c22-15-4-1-3-14(13-15)19-24-21(28-25-19)8-11-26(12-9-21)20(27)17-5-2-6-18-16(17)7-10-23-18/h1-7,10,13,23H,8-9,11-12H2,(H,24,25). The third kappa shape index (κ3) is 3.00. The van der Waals surface area contributed by atoms with E-state index in [1.807, 2.05) is 59.6 Å². The fourth-order valence-electron chi connectivity index (χ4n) is 3.87. The maximum Gasteiger partial charge on any atom is 0.254 e. The summed E-state index contributed by atoms with van der Waals surface area (Å²) in [5, 5.41) is 0.960. The van der Waals surface area contributed by atoms with Crippen molar-refractivity contribution in [2.45, 2.75) is 18.6 Å². The lowest BCUT2D eigenvalue weighted by atomic mass is 9.99. The third-order valence-electron chi connectivity index (χ3n) is 5.41. The number of carbonyl (C=O) groups is 1. The normalized spacial score (nSPS) is 18.3. The van der Waals surface area contributed by atoms with E-state index in [1.165, 1.54) is 0 Å². The van der Waals surface area contributed by atoms with Crippen LogP contribution in [0.15, 0.2) is 64.2 Å². The van der Waals surface area contributed by atoms with Gasteiger partial charge in [-0.15, -0.1) is 0 Å². The zero-order valence-corrected chi connectivity index (χ0v) is 16.7. The summed E-state index contributed by atoms with van der Waals surface area (Å²) in [6, 6.07) is 15.7. The smallest absolute Gasteiger partial charge is 0.254 e. The molecule has 0 bridgehead atoms. The molecule has 5 rings (SSSR count). The number of fused-ring (bicyclic) bond motifs is 1. The number of likely N-dealkylation sites (tertiary alicyclic amines) is 1. The molecule has 28 heavy (non-hydrogen) atoms. The molecule has 3 aromatic rings. The second-order valence-corrected chi connectivity index (χ2v) is 8.07. The maximum absolute atomic E-state index is 13.1. The molecule has 1 fully saturated rings. The molecule has 1 aromatic heterocycles. The fraction of sp³-hybridized carbons (Fsp3) is 0.238. The number of hydroxylamine groups is 1. The monoisotopic (exact) mass is 438 g/mol. The quantitative estimate of drug-likeness (QED) is 0.638. The van der Waals surface area contributed by atoms with Crippen molar-refractivity contribution in [3.63, 3.8) is 0 Å². The first-order chi connectivity index (χ1) is 13.6. The average molecular weight is 439 g/mol. The fourth-order valence-corrected chi connectivity index (χ4v) is 4.27. The van der Waals surface area contributed by atoms with Gasteiger partial charge in [0.1, 0.15) is 0 Å². The van der Waals surface area contributed by atoms with Crippen molar-refractivity contribution in [2.75, 3.05) is 13.1 Å². The van der Waals surface area contributed by atoms with Crippen molar-refractivity contribution < 1.29 is 9.63 Å². The number of carbonyl (C=O) groups excluding carboxylic acids is 1. The molecule has 7 heteroatoms. The molecule has 0 saturated carbocycles. The Morgan fingerprint density at radius 2 is 1.96 bits per heavy atom. The van der Waals surface area contributed by atoms with Gasteiger partial charge in [0.15, 0.2) is 11.6 Å². The number of H-pyrrole nitrogens is 1. The zero-order valence-electron chi connectivity index (χ0n) is 15.1. The van der Waals surface area contributed by atoms with Crippen LogP contribution in [0.4, 0.5) is 0 Å². The van der Waals surface area contributed by atoms with Gasteiger partial charge in [0.25, 0.3) is 5.91 Å². The highest BCUT2D eigenvalue weighted by molar-refractivity contribution is 9.10. The lowest BCUT2D eigenvalue weighted by molar-refractivity contribution is -0.0849. The molecule has 1 saturated heterocycles. The molecule has 3 heterocycles. The SMILES string of the molecule is O=C(c1cccc2[nH]ccc12)N1CCC2(CC1)N=C(c1cccc(Br)c1)NO2. The minimum atomic E-state index is -0.603. The van der Waals surface area contributed by atoms with Crippen LogP contribution >= 0.6 is 15.9 Å². The highest BCUT2D eigenvalue weighted by Gasteiger charge is 2.41. The van der Waals surface area contributed by atoms with E-state index in [-0.39, 0.29) is 5.91 Å². The molecular weight excluding hydrogens is 420 g/mol. The Kier molecular flexibility index (Phi) is 4.21. The topological polar surface area (TPSA) is 69.7 Å². The summed E-state index contributed by atoms with van der Waals surface area (Å²) in [5.74, 6) is 0.792. The number of aliphatic imine (C=N–C) groups is 1. The summed E-state index contributed by atoms with van der Waals surface area (Å²) in [6.07, 6.45) is 3.18. The highest BCUT2D eigenvalue weighted by Crippen LogP contribution is 2.32. The van der Waals surface area contributed by atoms with Gasteiger partial charge < -0.3 is 9.88 Å². The van der Waals surface area contributed by atoms with Gasteiger partial charge >= 0.3 is 0 Å². The number of piperidine rings is 1. The first-order valence-corrected chi connectivity index (χ1v) is 10.1. The number of aromatic nitrogens is 1. The van der Waals surface area contributed by atoms with Crippen molar-refractivity contribution in [1.82, 2.24) is 15.4 Å². The highest BCUT2D eigenvalue weighted by atomic mass is 79.9. The predicted molar refractivity (Wildman–Crippen MR) is 111 cm³/mol. The zero-order chi connectivity index (χ0) is 19.1. The molecule has 0 radical (unpaired) electrons. The van der Waals surface area contributed by atoms with Crippen molar-refractivity contribution in [2.24, 2.45) is 4.99 Å². The molecule has 0 aliphatic carbocycles. The summed E-state index contributed by atoms with van der Waals surface area (Å²) < 4.78 is 0.995. The molecule has 2 aliphatic rings. The first kappa shape index (κ1) is 17.5. The molecule has 2 aliphatic heterocycles. The van der Waals surface area contributed by atoms with E-state index in [9.17, 15) is 4.79 Å². The summed E-state index contributed by atoms with van der Waals surface area (Å²) >= 11 is 3.49. The minimum absolute atomic E-state index is 0.0576. The van der Waals surface area contributed by atoms with Gasteiger partial charge in [0.2, 0.25) is 0 Å². The number of benzene rings is 2. The van der Waals surface area contributed by atoms with Crippen molar-refractivity contribution in [3.05, 3.63) is 70.3 Å². The Morgan fingerprint density at radius 3 is 2.79 bits per heavy atom. The van der Waals surface area contributed by atoms with E-state index in [2.05, 4.69) is 26.4 Å². The molecule has 2 aromatic carbocycles. The lowest BCUT2D eigenvalue weighted by Crippen LogP contribution is -2.46. The van der Waals surface area contributed by atoms with Crippen LogP contribution < -0.4 is 5.48 Å². The number of rotatable bonds is 2. The molecule has 142 valence electrons. The number of nitrogens with zero attached hydrogens (tertiary/aromatic N) is 2. The first-order valence-electron chi connectivity index (χ1n) is 9.29. The second-order valence-electron chi connectivity index (χ2n) is 7.16. The van der Waals surface area contributed by atoms with Crippen molar-refractivity contribution in [1.29, 1.82) is 0 Å². The van der Waals surface area contributed by atoms with Gasteiger partial charge in [-0.3, -0.25) is 4.79 Å². The van der Waals surface area contributed by atoms with Crippen LogP contribution in [0.3, 0.4) is 0 Å². The lowest BCUT2D eigenvalue weighted by Gasteiger charge is -2.35. The number of hydrogen-bond donors (Lipinski definition) is 2. The van der Waals surface area contributed by atoms with Gasteiger partial charge in [-0.05, 0) is 30.3 Å². The van der Waals surface area contributed by atoms with Gasteiger partial charge in [0, 0.05) is 58.6 Å². The van der Waals surface area contributed by atoms with E-state index in [0.717, 1.165) is 32.3 Å². The van der Waals surface area contributed by atoms with Crippen LogP contribution in [-0.4, -0.2) is 40.4 Å². The average Bonchev–Trinajstić information content (AvgIpc) is 3.35. The Hall–Kier alpha value is -2.64. The number of amides is 1. The van der Waals surface area contributed by atoms with Crippen LogP contribution in [0.25, 0.3) is 10.9 Å². The van der Waals surface area contributed by atoms with E-state index in [0.29, 0.717) is 25.9 Å². The number of halogens is 1. The molecule has 0 unspecified atom stereocenters. The van der Waals surface area contributed by atoms with Crippen LogP contribution in [0, 0.1) is 0 Å². The van der Waals surface area contributed by atoms with E-state index >= 15 is 0 Å². The number of amidine groups is 1. The van der Waals surface area contributed by atoms with Gasteiger partial charge in [-0.1, -0.05) is 34.1 Å². The van der Waals surface area contributed by atoms with Gasteiger partial charge in [0.05, 0.1) is 0 Å². The molecule has 6 nitrogen and oxygen atoms in total. The van der Waals surface area contributed by atoms with Crippen molar-refractivity contribution >= 4 is 38.6 Å². The Balaban J connectivity index is 1.33. The van der Waals surface area contributed by atoms with Gasteiger partial charge in [-0.25, -0.2) is 15.3 Å². The summed E-state index contributed by atoms with van der Waals surface area (Å²) in [5.41, 5.74) is 5.06. The number of hydrogen-bond acceptors (Lipinski definition) is 4. The van der Waals surface area contributed by atoms with E-state index < -0.39 is 5.72 Å². The largest absolute Gasteiger partial charge is 0.361 e. The molecule has 2 N–H and O–H groups in total. The molecule has 1 amide bonds. The van der Waals surface area contributed by atoms with Crippen LogP contribution in [-0.2, 0) is 4.84 Å². The number of aromatic amines is 1. The van der Waals surface area contributed by atoms with Gasteiger partial charge in [-0.2, -0.15) is 0 Å². The Labute approximate surface area is 170 Å². The third-order valence-corrected chi connectivity index (χ3v) is 5.90. The van der Waals surface area contributed by atoms with Crippen LogP contribution in [0.2, 0.25) is 0 Å². The van der Waals surface area contributed by atoms with E-state index in [4.69, 9.17) is 9.83 Å². The summed E-state index contributed by atoms with van der Waals surface area (Å²) in [7, 11) is 0. The summed E-state index contributed by atoms with van der Waals surface area (Å²) in [6.45, 7) is 1.22. The van der Waals surface area contributed by atoms with Crippen LogP contribution in [0.1, 0.15) is 28.8 Å². The molecular formula is C21H19BrN4O2. The number of nitrogens with one attached hydrogen (secondary N) is 2. The van der Waals surface area contributed by atoms with Crippen molar-refractivity contribution in [3.8, 4) is 0 Å². The van der Waals surface area contributed by atoms with E-state index in [1.54, 1.807) is 0 Å². The predicted octanol–water partition coefficient (Wildman–Crippen LogP) is 3.84. The molecule has 0 atom stereocenters. The molecule has 1 spiro atoms. The van der Waals surface area contributed by atoms with Crippen LogP contribution in [0.5, 0.6) is 0 Å². The maximum atomic E-state index is 13.1. The summed E-state index contributed by atoms with van der Waals surface area (Å²) in [4.78, 5) is 28.8. The Bertz CT molecular complexity index is 1080. The second kappa shape index (κ2) is 6.76.